The van der Waals surface area contributed by atoms with Gasteiger partial charge in [-0.15, -0.1) is 23.1 Å². The average molecular weight is 500 g/mol. The Labute approximate surface area is 203 Å². The minimum atomic E-state index is -0.829. The van der Waals surface area contributed by atoms with Gasteiger partial charge < -0.3 is 20.6 Å². The zero-order valence-corrected chi connectivity index (χ0v) is 19.7. The van der Waals surface area contributed by atoms with Crippen LogP contribution in [0, 0.1) is 0 Å². The van der Waals surface area contributed by atoms with Crippen LogP contribution in [-0.2, 0) is 24.0 Å². The van der Waals surface area contributed by atoms with Gasteiger partial charge in [-0.3, -0.25) is 14.5 Å². The molecular weight excluding hydrogens is 478 g/mol. The fourth-order valence-corrected chi connectivity index (χ4v) is 5.12. The van der Waals surface area contributed by atoms with Gasteiger partial charge in [0.15, 0.2) is 10.8 Å². The lowest BCUT2D eigenvalue weighted by atomic mass is 10.0. The number of nitrogen functional groups attached to an aromatic ring is 1. The van der Waals surface area contributed by atoms with Crippen molar-refractivity contribution in [2.45, 2.75) is 11.4 Å². The number of esters is 1. The van der Waals surface area contributed by atoms with Crippen LogP contribution in [0.15, 0.2) is 58.7 Å². The van der Waals surface area contributed by atoms with E-state index < -0.39 is 29.2 Å². The van der Waals surface area contributed by atoms with Crippen LogP contribution in [0.3, 0.4) is 0 Å². The molecule has 3 N–H and O–H groups in total. The summed E-state index contributed by atoms with van der Waals surface area (Å²) >= 11 is 2.58. The van der Waals surface area contributed by atoms with E-state index in [2.05, 4.69) is 15.5 Å². The molecule has 2 aliphatic heterocycles. The number of carbonyl (C=O) groups excluding carboxylic acids is 3. The zero-order chi connectivity index (χ0) is 24.1. The molecule has 0 radical (unpaired) electrons. The Bertz CT molecular complexity index is 1180. The average Bonchev–Trinajstić information content (AvgIpc) is 3.29. The van der Waals surface area contributed by atoms with Crippen molar-refractivity contribution in [2.75, 3.05) is 25.2 Å². The highest BCUT2D eigenvalue weighted by molar-refractivity contribution is 8.00. The molecule has 4 rings (SSSR count). The van der Waals surface area contributed by atoms with Crippen LogP contribution in [0.1, 0.15) is 11.3 Å². The number of fused-ring (bicyclic) bond motifs is 1. The van der Waals surface area contributed by atoms with E-state index in [-0.39, 0.29) is 28.8 Å². The zero-order valence-electron chi connectivity index (χ0n) is 18.0. The molecule has 0 spiro atoms. The number of thioether (sulfide) groups is 1. The molecule has 1 aromatic carbocycles. The molecule has 2 amide bonds. The maximum absolute atomic E-state index is 12.8. The maximum atomic E-state index is 12.8. The third kappa shape index (κ3) is 4.97. The molecule has 1 saturated heterocycles. The van der Waals surface area contributed by atoms with Gasteiger partial charge in [0.25, 0.3) is 11.8 Å². The number of ether oxygens (including phenoxy) is 1. The number of rotatable bonds is 8. The minimum Gasteiger partial charge on any atom is -0.457 e. The second-order valence-electron chi connectivity index (χ2n) is 7.08. The van der Waals surface area contributed by atoms with Crippen LogP contribution in [0.25, 0.3) is 6.08 Å². The summed E-state index contributed by atoms with van der Waals surface area (Å²) in [6, 6.07) is 8.78. The van der Waals surface area contributed by atoms with Crippen molar-refractivity contribution >= 4 is 57.8 Å². The number of nitrogens with zero attached hydrogens (tertiary/aromatic N) is 3. The quantitative estimate of drug-likeness (QED) is 0.242. The van der Waals surface area contributed by atoms with E-state index in [1.165, 1.54) is 23.8 Å². The van der Waals surface area contributed by atoms with Crippen LogP contribution in [-0.4, -0.2) is 64.3 Å². The number of nitrogens with two attached hydrogens (primary N) is 1. The molecule has 2 aromatic rings. The summed E-state index contributed by atoms with van der Waals surface area (Å²) in [6.07, 6.45) is 5.22. The SMILES string of the molecule is CO/N=C(/C(=O)NC1C(=O)N2C(C(=O)OC/C=C/c3ccccc3)=CCSC12)c1csc(N)n1. The van der Waals surface area contributed by atoms with Crippen molar-refractivity contribution < 1.29 is 24.0 Å². The summed E-state index contributed by atoms with van der Waals surface area (Å²) in [5, 5.41) is 7.79. The highest BCUT2D eigenvalue weighted by Crippen LogP contribution is 2.37. The molecule has 2 atom stereocenters. The molecule has 10 nitrogen and oxygen atoms in total. The second-order valence-corrected chi connectivity index (χ2v) is 9.12. The molecule has 3 heterocycles. The molecule has 1 aromatic heterocycles. The highest BCUT2D eigenvalue weighted by Gasteiger charge is 2.53. The van der Waals surface area contributed by atoms with Gasteiger partial charge in [-0.25, -0.2) is 9.78 Å². The predicted molar refractivity (Wildman–Crippen MR) is 130 cm³/mol. The first kappa shape index (κ1) is 23.5. The number of carbonyl (C=O) groups is 3. The Balaban J connectivity index is 1.36. The smallest absolute Gasteiger partial charge is 0.355 e. The molecule has 176 valence electrons. The minimum absolute atomic E-state index is 0.0681. The van der Waals surface area contributed by atoms with Crippen molar-refractivity contribution in [1.29, 1.82) is 0 Å². The van der Waals surface area contributed by atoms with Crippen LogP contribution < -0.4 is 11.1 Å². The third-order valence-corrected chi connectivity index (χ3v) is 6.78. The lowest BCUT2D eigenvalue weighted by molar-refractivity contribution is -0.151. The summed E-state index contributed by atoms with van der Waals surface area (Å²) in [5.41, 5.74) is 6.95. The van der Waals surface area contributed by atoms with E-state index in [1.807, 2.05) is 36.4 Å². The molecule has 1 fully saturated rings. The second kappa shape index (κ2) is 10.5. The Kier molecular flexibility index (Phi) is 7.28. The molecule has 0 saturated carbocycles. The molecule has 0 bridgehead atoms. The van der Waals surface area contributed by atoms with Gasteiger partial charge in [-0.1, -0.05) is 41.6 Å². The van der Waals surface area contributed by atoms with Crippen LogP contribution in [0.5, 0.6) is 0 Å². The van der Waals surface area contributed by atoms with E-state index in [9.17, 15) is 14.4 Å². The number of nitrogens with one attached hydrogen (secondary N) is 1. The number of β-lactam (4-membered cyclic amide) rings is 1. The first-order valence-corrected chi connectivity index (χ1v) is 12.1. The van der Waals surface area contributed by atoms with Gasteiger partial charge in [0.1, 0.15) is 36.5 Å². The normalized spacial score (nSPS) is 19.8. The molecule has 12 heteroatoms. The number of hydrogen-bond acceptors (Lipinski definition) is 10. The summed E-state index contributed by atoms with van der Waals surface area (Å²) in [5.74, 6) is -1.15. The lowest BCUT2D eigenvalue weighted by Crippen LogP contribution is -2.70. The van der Waals surface area contributed by atoms with Gasteiger partial charge >= 0.3 is 5.97 Å². The summed E-state index contributed by atoms with van der Waals surface area (Å²) in [4.78, 5) is 48.3. The fourth-order valence-electron chi connectivity index (χ4n) is 3.38. The van der Waals surface area contributed by atoms with Gasteiger partial charge in [0.2, 0.25) is 0 Å². The predicted octanol–water partition coefficient (Wildman–Crippen LogP) is 1.62. The number of benzene rings is 1. The van der Waals surface area contributed by atoms with Gasteiger partial charge in [0.05, 0.1) is 0 Å². The van der Waals surface area contributed by atoms with Gasteiger partial charge in [-0.2, -0.15) is 0 Å². The van der Waals surface area contributed by atoms with E-state index in [0.29, 0.717) is 5.75 Å². The number of thiazole rings is 1. The van der Waals surface area contributed by atoms with Crippen molar-refractivity contribution in [3.8, 4) is 0 Å². The molecule has 2 aliphatic rings. The summed E-state index contributed by atoms with van der Waals surface area (Å²) < 4.78 is 5.31. The summed E-state index contributed by atoms with van der Waals surface area (Å²) in [6.45, 7) is 0.0681. The molecular formula is C22H21N5O5S2. The van der Waals surface area contributed by atoms with E-state index in [4.69, 9.17) is 15.3 Å². The monoisotopic (exact) mass is 499 g/mol. The Morgan fingerprint density at radius 3 is 2.85 bits per heavy atom. The Hall–Kier alpha value is -3.64. The van der Waals surface area contributed by atoms with Crippen LogP contribution in [0.2, 0.25) is 0 Å². The molecule has 34 heavy (non-hydrogen) atoms. The lowest BCUT2D eigenvalue weighted by Gasteiger charge is -2.48. The molecule has 0 aliphatic carbocycles. The molecule has 2 unspecified atom stereocenters. The van der Waals surface area contributed by atoms with Crippen molar-refractivity contribution in [2.24, 2.45) is 5.16 Å². The number of hydrogen-bond donors (Lipinski definition) is 2. The van der Waals surface area contributed by atoms with Gasteiger partial charge in [-0.05, 0) is 17.7 Å². The largest absolute Gasteiger partial charge is 0.457 e. The number of oxime groups is 1. The van der Waals surface area contributed by atoms with Crippen molar-refractivity contribution in [1.82, 2.24) is 15.2 Å². The summed E-state index contributed by atoms with van der Waals surface area (Å²) in [7, 11) is 1.30. The van der Waals surface area contributed by atoms with E-state index in [0.717, 1.165) is 16.9 Å². The Morgan fingerprint density at radius 2 is 2.15 bits per heavy atom. The van der Waals surface area contributed by atoms with Crippen LogP contribution >= 0.6 is 23.1 Å². The first-order chi connectivity index (χ1) is 16.5. The van der Waals surface area contributed by atoms with Gasteiger partial charge in [0, 0.05) is 11.1 Å². The topological polar surface area (TPSA) is 136 Å². The van der Waals surface area contributed by atoms with E-state index >= 15 is 0 Å². The first-order valence-electron chi connectivity index (χ1n) is 10.2. The third-order valence-electron chi connectivity index (χ3n) is 4.92. The number of amides is 2. The fraction of sp³-hybridized carbons (Fsp3) is 0.227. The number of aromatic nitrogens is 1. The van der Waals surface area contributed by atoms with E-state index in [1.54, 1.807) is 17.5 Å². The van der Waals surface area contributed by atoms with Crippen LogP contribution in [0.4, 0.5) is 5.13 Å². The maximum Gasteiger partial charge on any atom is 0.355 e. The van der Waals surface area contributed by atoms with Crippen molar-refractivity contribution in [3.63, 3.8) is 0 Å². The highest BCUT2D eigenvalue weighted by atomic mass is 32.2. The Morgan fingerprint density at radius 1 is 1.35 bits per heavy atom. The standard InChI is InChI=1S/C22H21N5O5S2/c1-31-26-16(14-12-34-22(23)24-14)18(28)25-17-19(29)27-15(9-11-33-20(17)27)21(30)32-10-5-8-13-6-3-2-4-7-13/h2-9,12,17,20H,10-11H2,1H3,(H2,23,24)(H,25,28)/b8-5+,26-16+. The van der Waals surface area contributed by atoms with Crippen molar-refractivity contribution in [3.05, 3.63) is 64.8 Å². The number of anilines is 1.